The van der Waals surface area contributed by atoms with Gasteiger partial charge in [-0.05, 0) is 49.7 Å². The van der Waals surface area contributed by atoms with E-state index in [0.717, 1.165) is 51.6 Å². The summed E-state index contributed by atoms with van der Waals surface area (Å²) >= 11 is 0. The average molecular weight is 854 g/mol. The third-order valence-corrected chi connectivity index (χ3v) is 7.86. The molecule has 18 heteroatoms. The van der Waals surface area contributed by atoms with Gasteiger partial charge in [0.05, 0.1) is 12.5 Å². The van der Waals surface area contributed by atoms with Crippen molar-refractivity contribution >= 4 is 42.9 Å². The van der Waals surface area contributed by atoms with Gasteiger partial charge < -0.3 is 35.6 Å². The van der Waals surface area contributed by atoms with E-state index in [4.69, 9.17) is 45.0 Å². The number of hydrogen-bond donors (Lipinski definition) is 3. The number of carbonyl (C=O) groups excluding carboxylic acids is 3. The van der Waals surface area contributed by atoms with Crippen molar-refractivity contribution in [3.05, 3.63) is 88.7 Å². The van der Waals surface area contributed by atoms with Gasteiger partial charge in [0.1, 0.15) is 11.5 Å². The first-order valence-corrected chi connectivity index (χ1v) is 16.3. The van der Waals surface area contributed by atoms with Crippen LogP contribution < -0.4 is 119 Å². The molecule has 296 valence electrons. The number of aliphatic hydroxyl groups is 1. The number of nitrogens with zero attached hydrogens (tertiary/aromatic N) is 2. The predicted octanol–water partition coefficient (Wildman–Crippen LogP) is -2.31. The second-order valence-electron chi connectivity index (χ2n) is 11.0. The van der Waals surface area contributed by atoms with E-state index < -0.39 is 12.2 Å². The Hall–Kier alpha value is -0.00727. The van der Waals surface area contributed by atoms with Crippen LogP contribution in [0.4, 0.5) is 0 Å². The van der Waals surface area contributed by atoms with Gasteiger partial charge in [-0.3, -0.25) is 30.3 Å². The Kier molecular flexibility index (Phi) is 43.3. The number of nitrogens with one attached hydrogen (secondary N) is 1. The van der Waals surface area contributed by atoms with Crippen molar-refractivity contribution in [3.8, 4) is 0 Å². The number of Topliss-reactive ketones (excluding diaryl/α,β-unsaturated/α-hetero) is 2. The Morgan fingerprint density at radius 2 is 1.41 bits per heavy atom. The molecule has 4 N–H and O–H groups in total. The molecule has 0 amide bonds. The number of ketones is 2. The monoisotopic (exact) mass is 852 g/mol. The number of fused-ring (bicyclic) bond motifs is 1. The molecule has 2 aliphatic rings. The number of aromatic nitrogens is 2. The summed E-state index contributed by atoms with van der Waals surface area (Å²) in [5, 5.41) is 20.2. The first-order chi connectivity index (χ1) is 24.4. The molecule has 1 aromatic heterocycles. The molecule has 0 aliphatic heterocycles. The fourth-order valence-electron chi connectivity index (χ4n) is 5.59. The molecule has 1 unspecified atom stereocenters. The molecule has 5 rings (SSSR count). The van der Waals surface area contributed by atoms with E-state index in [-0.39, 0.29) is 153 Å². The third kappa shape index (κ3) is 22.2. The van der Waals surface area contributed by atoms with Crippen molar-refractivity contribution in [2.24, 2.45) is 11.8 Å². The van der Waals surface area contributed by atoms with Crippen LogP contribution >= 0.6 is 24.8 Å². The standard InChI is InChI=1S/C17H22N2O2.C10H16O4.C7H10N2.CH2O3.CH4O.2ClH.2K.H/c1-20-17(21-2)16-14-10-6-7-11-15(14)19(18-16)12-13-8-4-3-5-9-13;1-13-10(14-2)9(12)7-5-3-4-6-8(7)11;8-9-6-7-4-2-1-3-5-7;2-1-4-3;1-2;;;;;/h3-5,8-9,17H,6-7,10-12H2,1-2H3;7,10H,3-6H2,1-2H3;1-5,9H,6,8H2;1,3H;2H,1H3;2*1H;;;/q;;;;;;;2*+1;-1/p-1. The first kappa shape index (κ1) is 60.7. The second-order valence-corrected chi connectivity index (χ2v) is 11.0. The maximum atomic E-state index is 11.7. The van der Waals surface area contributed by atoms with Gasteiger partial charge in [0.15, 0.2) is 5.78 Å². The molecule has 3 aromatic rings. The summed E-state index contributed by atoms with van der Waals surface area (Å²) in [6.45, 7) is 1.37. The van der Waals surface area contributed by atoms with Crippen molar-refractivity contribution in [2.75, 3.05) is 35.5 Å². The first-order valence-electron chi connectivity index (χ1n) is 16.3. The van der Waals surface area contributed by atoms with E-state index in [1.165, 1.54) is 49.4 Å². The predicted molar refractivity (Wildman–Crippen MR) is 199 cm³/mol. The molecule has 0 bridgehead atoms. The minimum atomic E-state index is -0.887. The molecule has 1 heterocycles. The Bertz CT molecular complexity index is 1370. The zero-order chi connectivity index (χ0) is 37.1. The average Bonchev–Trinajstić information content (AvgIpc) is 3.53. The summed E-state index contributed by atoms with van der Waals surface area (Å²) in [6, 6.07) is 20.5. The van der Waals surface area contributed by atoms with E-state index in [9.17, 15) is 9.59 Å². The zero-order valence-electron chi connectivity index (χ0n) is 33.6. The maximum Gasteiger partial charge on any atom is 1.00 e. The number of halogens is 2. The summed E-state index contributed by atoms with van der Waals surface area (Å²) in [5.41, 5.74) is 8.68. The molecular weight excluding hydrogens is 798 g/mol. The van der Waals surface area contributed by atoms with Crippen LogP contribution in [-0.2, 0) is 64.1 Å². The molecule has 1 fully saturated rings. The van der Waals surface area contributed by atoms with E-state index in [2.05, 4.69) is 39.3 Å². The SMILES string of the molecule is CO.COC(OC)C(=O)C1CCCCC1=O.COC(OC)c1nn(Cc2ccccc2)c2c1CCCC2.Cl.Cl.NNCc1ccccc1.O=CO[O-].[H-].[K+].[K+]. The Labute approximate surface area is 418 Å². The molecule has 2 aromatic carbocycles. The van der Waals surface area contributed by atoms with E-state index >= 15 is 0 Å². The number of aliphatic hydroxyl groups excluding tert-OH is 1. The summed E-state index contributed by atoms with van der Waals surface area (Å²) in [4.78, 5) is 34.4. The second kappa shape index (κ2) is 38.5. The van der Waals surface area contributed by atoms with Crippen LogP contribution in [0, 0.1) is 5.92 Å². The minimum absolute atomic E-state index is 0. The molecule has 14 nitrogen and oxygen atoms in total. The van der Waals surface area contributed by atoms with Gasteiger partial charge in [0.2, 0.25) is 12.6 Å². The van der Waals surface area contributed by atoms with Gasteiger partial charge in [-0.25, -0.2) is 0 Å². The van der Waals surface area contributed by atoms with Crippen molar-refractivity contribution < 1.29 is 153 Å². The number of carbonyl (C=O) groups is 3. The Balaban J connectivity index is -0.000000215. The molecule has 54 heavy (non-hydrogen) atoms. The van der Waals surface area contributed by atoms with Gasteiger partial charge in [0, 0.05) is 59.8 Å². The van der Waals surface area contributed by atoms with Crippen LogP contribution in [0.15, 0.2) is 60.7 Å². The van der Waals surface area contributed by atoms with E-state index in [1.807, 2.05) is 36.4 Å². The molecule has 0 radical (unpaired) electrons. The van der Waals surface area contributed by atoms with Crippen LogP contribution in [0.25, 0.3) is 0 Å². The van der Waals surface area contributed by atoms with Gasteiger partial charge in [-0.2, -0.15) is 5.10 Å². The van der Waals surface area contributed by atoms with Crippen LogP contribution in [-0.4, -0.2) is 74.8 Å². The molecule has 2 aliphatic carbocycles. The fraction of sp³-hybridized carbons (Fsp3) is 0.500. The van der Waals surface area contributed by atoms with E-state index in [1.54, 1.807) is 14.2 Å². The molecule has 0 saturated heterocycles. The minimum Gasteiger partial charge on any atom is -1.00 e. The topological polar surface area (TPSA) is 197 Å². The van der Waals surface area contributed by atoms with Gasteiger partial charge in [-0.1, -0.05) is 67.1 Å². The quantitative estimate of drug-likeness (QED) is 0.0335. The number of rotatable bonds is 12. The number of nitrogens with two attached hydrogens (primary N) is 1. The molecule has 1 saturated carbocycles. The Morgan fingerprint density at radius 1 is 0.907 bits per heavy atom. The molecule has 1 atom stereocenters. The van der Waals surface area contributed by atoms with Crippen molar-refractivity contribution in [3.63, 3.8) is 0 Å². The normalized spacial score (nSPS) is 13.6. The van der Waals surface area contributed by atoms with Crippen molar-refractivity contribution in [1.29, 1.82) is 0 Å². The smallest absolute Gasteiger partial charge is 1.00 e. The Morgan fingerprint density at radius 3 is 1.87 bits per heavy atom. The van der Waals surface area contributed by atoms with Crippen LogP contribution in [0.1, 0.15) is 74.3 Å². The third-order valence-electron chi connectivity index (χ3n) is 7.86. The number of hydrazine groups is 1. The molecule has 0 spiro atoms. The summed E-state index contributed by atoms with van der Waals surface area (Å²) in [6.07, 6.45) is 6.34. The number of ether oxygens (including phenoxy) is 4. The number of benzene rings is 2. The number of hydrogen-bond acceptors (Lipinski definition) is 13. The van der Waals surface area contributed by atoms with Gasteiger partial charge in [-0.15, -0.1) is 24.8 Å². The van der Waals surface area contributed by atoms with Crippen molar-refractivity contribution in [1.82, 2.24) is 15.2 Å². The van der Waals surface area contributed by atoms with Gasteiger partial charge in [0.25, 0.3) is 6.47 Å². The fourth-order valence-corrected chi connectivity index (χ4v) is 5.59. The largest absolute Gasteiger partial charge is 1.00 e. The van der Waals surface area contributed by atoms with Gasteiger partial charge >= 0.3 is 103 Å². The summed E-state index contributed by atoms with van der Waals surface area (Å²) in [7, 11) is 7.14. The summed E-state index contributed by atoms with van der Waals surface area (Å²) < 4.78 is 22.6. The van der Waals surface area contributed by atoms with Crippen molar-refractivity contribution in [2.45, 2.75) is 77.0 Å². The number of methoxy groups -OCH3 is 4. The summed E-state index contributed by atoms with van der Waals surface area (Å²) in [5.74, 6) is 4.40. The maximum absolute atomic E-state index is 11.7. The van der Waals surface area contributed by atoms with Crippen LogP contribution in [0.3, 0.4) is 0 Å². The van der Waals surface area contributed by atoms with Crippen LogP contribution in [0.5, 0.6) is 0 Å². The van der Waals surface area contributed by atoms with E-state index in [0.29, 0.717) is 12.8 Å². The molecular formula is C36H56Cl2K2N4O10. The zero-order valence-corrected chi connectivity index (χ0v) is 40.4. The van der Waals surface area contributed by atoms with Crippen LogP contribution in [0.2, 0.25) is 0 Å².